The van der Waals surface area contributed by atoms with Gasteiger partial charge in [-0.2, -0.15) is 0 Å². The van der Waals surface area contributed by atoms with Crippen molar-refractivity contribution in [3.63, 3.8) is 0 Å². The normalized spacial score (nSPS) is 10.0. The molecular weight excluding hydrogens is 169 g/mol. The van der Waals surface area contributed by atoms with Crippen molar-refractivity contribution >= 4 is 5.78 Å². The molecule has 1 aromatic heterocycles. The number of hydrogen-bond donors (Lipinski definition) is 0. The molecule has 0 aliphatic carbocycles. The van der Waals surface area contributed by atoms with Gasteiger partial charge in [-0.05, 0) is 18.6 Å². The number of Topliss-reactive ketones (excluding diaryl/α,β-unsaturated/α-hetero) is 1. The topological polar surface area (TPSA) is 30.0 Å². The Labute approximate surface area is 76.8 Å². The number of ketones is 1. The van der Waals surface area contributed by atoms with E-state index in [4.69, 9.17) is 0 Å². The van der Waals surface area contributed by atoms with Gasteiger partial charge < -0.3 is 0 Å². The van der Waals surface area contributed by atoms with Crippen molar-refractivity contribution in [1.29, 1.82) is 0 Å². The number of hydrogen-bond acceptors (Lipinski definition) is 2. The molecule has 0 amide bonds. The highest BCUT2D eigenvalue weighted by atomic mass is 19.1. The minimum absolute atomic E-state index is 0.154. The summed E-state index contributed by atoms with van der Waals surface area (Å²) >= 11 is 0. The number of carbonyl (C=O) groups is 1. The first-order valence-corrected chi connectivity index (χ1v) is 4.34. The van der Waals surface area contributed by atoms with Crippen LogP contribution in [-0.4, -0.2) is 10.8 Å². The minimum Gasteiger partial charge on any atom is -0.299 e. The first-order valence-electron chi connectivity index (χ1n) is 4.34. The lowest BCUT2D eigenvalue weighted by atomic mass is 10.1. The van der Waals surface area contributed by atoms with E-state index >= 15 is 0 Å². The molecule has 0 atom stereocenters. The van der Waals surface area contributed by atoms with E-state index in [-0.39, 0.29) is 11.6 Å². The molecule has 0 saturated heterocycles. The van der Waals surface area contributed by atoms with Gasteiger partial charge in [0, 0.05) is 18.5 Å². The smallest absolute Gasteiger partial charge is 0.141 e. The molecule has 70 valence electrons. The van der Waals surface area contributed by atoms with Crippen LogP contribution in [-0.2, 0) is 11.2 Å². The molecule has 1 aromatic rings. The molecule has 1 heterocycles. The van der Waals surface area contributed by atoms with E-state index in [0.29, 0.717) is 18.5 Å². The number of nitrogens with zero attached hydrogens (tertiary/aromatic N) is 1. The van der Waals surface area contributed by atoms with Crippen molar-refractivity contribution in [2.75, 3.05) is 0 Å². The average molecular weight is 181 g/mol. The Bertz CT molecular complexity index is 281. The van der Waals surface area contributed by atoms with Crippen LogP contribution in [0.1, 0.15) is 25.5 Å². The predicted molar refractivity (Wildman–Crippen MR) is 47.8 cm³/mol. The lowest BCUT2D eigenvalue weighted by Gasteiger charge is -1.98. The number of carbonyl (C=O) groups excluding carboxylic acids is 1. The maximum atomic E-state index is 12.4. The first-order chi connectivity index (χ1) is 6.22. The molecule has 0 spiro atoms. The minimum atomic E-state index is -0.369. The van der Waals surface area contributed by atoms with Gasteiger partial charge in [0.05, 0.1) is 6.20 Å². The van der Waals surface area contributed by atoms with Crippen molar-refractivity contribution in [1.82, 2.24) is 4.98 Å². The quantitative estimate of drug-likeness (QED) is 0.712. The second-order valence-electron chi connectivity index (χ2n) is 2.93. The molecule has 0 aliphatic rings. The van der Waals surface area contributed by atoms with E-state index in [0.717, 1.165) is 12.6 Å². The Morgan fingerprint density at radius 1 is 1.54 bits per heavy atom. The second kappa shape index (κ2) is 4.70. The third-order valence-electron chi connectivity index (χ3n) is 1.70. The Morgan fingerprint density at radius 3 is 2.85 bits per heavy atom. The molecule has 0 fully saturated rings. The van der Waals surface area contributed by atoms with E-state index in [1.807, 2.05) is 6.92 Å². The second-order valence-corrected chi connectivity index (χ2v) is 2.93. The van der Waals surface area contributed by atoms with Gasteiger partial charge >= 0.3 is 0 Å². The Balaban J connectivity index is 2.54. The summed E-state index contributed by atoms with van der Waals surface area (Å²) in [5.41, 5.74) is 0.639. The predicted octanol–water partition coefficient (Wildman–Crippen LogP) is 2.13. The van der Waals surface area contributed by atoms with E-state index < -0.39 is 0 Å². The maximum absolute atomic E-state index is 12.4. The van der Waals surface area contributed by atoms with Crippen LogP contribution in [0, 0.1) is 5.82 Å². The molecule has 3 heteroatoms. The lowest BCUT2D eigenvalue weighted by molar-refractivity contribution is -0.118. The van der Waals surface area contributed by atoms with Gasteiger partial charge in [-0.1, -0.05) is 6.92 Å². The van der Waals surface area contributed by atoms with Gasteiger partial charge in [0.1, 0.15) is 11.6 Å². The van der Waals surface area contributed by atoms with Crippen LogP contribution in [0.4, 0.5) is 4.39 Å². The molecule has 0 aromatic carbocycles. The van der Waals surface area contributed by atoms with E-state index in [9.17, 15) is 9.18 Å². The molecule has 13 heavy (non-hydrogen) atoms. The Kier molecular flexibility index (Phi) is 3.55. The molecule has 0 bridgehead atoms. The lowest BCUT2D eigenvalue weighted by Crippen LogP contribution is -2.03. The van der Waals surface area contributed by atoms with Crippen molar-refractivity contribution in [2.24, 2.45) is 0 Å². The van der Waals surface area contributed by atoms with Crippen molar-refractivity contribution in [3.8, 4) is 0 Å². The third-order valence-corrected chi connectivity index (χ3v) is 1.70. The number of halogens is 1. The van der Waals surface area contributed by atoms with Crippen LogP contribution in [0.15, 0.2) is 18.3 Å². The van der Waals surface area contributed by atoms with Gasteiger partial charge in [0.25, 0.3) is 0 Å². The molecule has 1 rings (SSSR count). The highest BCUT2D eigenvalue weighted by Crippen LogP contribution is 2.01. The summed E-state index contributed by atoms with van der Waals surface area (Å²) in [7, 11) is 0. The molecule has 0 aliphatic heterocycles. The zero-order chi connectivity index (χ0) is 9.68. The van der Waals surface area contributed by atoms with Gasteiger partial charge in [-0.15, -0.1) is 0 Å². The summed E-state index contributed by atoms with van der Waals surface area (Å²) in [6, 6.07) is 2.87. The summed E-state index contributed by atoms with van der Waals surface area (Å²) in [6.07, 6.45) is 2.86. The standard InChI is InChI=1S/C10H12FNO/c1-2-3-10(13)6-9-5-4-8(11)7-12-9/h4-5,7H,2-3,6H2,1H3. The first kappa shape index (κ1) is 9.84. The molecule has 0 radical (unpaired) electrons. The summed E-state index contributed by atoms with van der Waals surface area (Å²) in [4.78, 5) is 15.0. The van der Waals surface area contributed by atoms with E-state index in [1.54, 1.807) is 6.07 Å². The van der Waals surface area contributed by atoms with Gasteiger partial charge in [-0.25, -0.2) is 4.39 Å². The van der Waals surface area contributed by atoms with Gasteiger partial charge in [-0.3, -0.25) is 9.78 Å². The SMILES string of the molecule is CCCC(=O)Cc1ccc(F)cn1. The van der Waals surface area contributed by atoms with Gasteiger partial charge in [0.15, 0.2) is 0 Å². The highest BCUT2D eigenvalue weighted by Gasteiger charge is 2.03. The molecule has 2 nitrogen and oxygen atoms in total. The summed E-state index contributed by atoms with van der Waals surface area (Å²) in [6.45, 7) is 1.95. The van der Waals surface area contributed by atoms with Crippen molar-refractivity contribution < 1.29 is 9.18 Å². The van der Waals surface area contributed by atoms with E-state index in [1.165, 1.54) is 6.07 Å². The molecular formula is C10H12FNO. The molecule has 0 N–H and O–H groups in total. The number of rotatable bonds is 4. The van der Waals surface area contributed by atoms with Crippen LogP contribution in [0.5, 0.6) is 0 Å². The average Bonchev–Trinajstić information content (AvgIpc) is 2.09. The Hall–Kier alpha value is -1.25. The van der Waals surface area contributed by atoms with Gasteiger partial charge in [0.2, 0.25) is 0 Å². The fourth-order valence-corrected chi connectivity index (χ4v) is 1.08. The van der Waals surface area contributed by atoms with Crippen molar-refractivity contribution in [2.45, 2.75) is 26.2 Å². The van der Waals surface area contributed by atoms with Crippen LogP contribution in [0.25, 0.3) is 0 Å². The molecule has 0 saturated carbocycles. The highest BCUT2D eigenvalue weighted by molar-refractivity contribution is 5.80. The Morgan fingerprint density at radius 2 is 2.31 bits per heavy atom. The number of pyridine rings is 1. The van der Waals surface area contributed by atoms with Crippen LogP contribution < -0.4 is 0 Å². The maximum Gasteiger partial charge on any atom is 0.141 e. The molecule has 0 unspecified atom stereocenters. The van der Waals surface area contributed by atoms with Crippen molar-refractivity contribution in [3.05, 3.63) is 29.8 Å². The summed E-state index contributed by atoms with van der Waals surface area (Å²) < 4.78 is 12.4. The van der Waals surface area contributed by atoms with E-state index in [2.05, 4.69) is 4.98 Å². The van der Waals surface area contributed by atoms with Crippen LogP contribution in [0.3, 0.4) is 0 Å². The zero-order valence-corrected chi connectivity index (χ0v) is 7.59. The summed E-state index contributed by atoms with van der Waals surface area (Å²) in [5, 5.41) is 0. The van der Waals surface area contributed by atoms with Crippen LogP contribution >= 0.6 is 0 Å². The zero-order valence-electron chi connectivity index (χ0n) is 7.59. The monoisotopic (exact) mass is 181 g/mol. The largest absolute Gasteiger partial charge is 0.299 e. The summed E-state index contributed by atoms with van der Waals surface area (Å²) in [5.74, 6) is -0.215. The third kappa shape index (κ3) is 3.32. The fourth-order valence-electron chi connectivity index (χ4n) is 1.08. The number of aromatic nitrogens is 1. The fraction of sp³-hybridized carbons (Fsp3) is 0.400. The van der Waals surface area contributed by atoms with Crippen LogP contribution in [0.2, 0.25) is 0 Å².